The Bertz CT molecular complexity index is 295. The van der Waals surface area contributed by atoms with Gasteiger partial charge in [0.15, 0.2) is 0 Å². The van der Waals surface area contributed by atoms with Gasteiger partial charge in [-0.1, -0.05) is 0 Å². The molecule has 1 rings (SSSR count). The number of hydrogen-bond donors (Lipinski definition) is 2. The standard InChI is InChI=1S/C12H19NO3/c1-16-7-3-6-13-11-5-2-4-10(8-11)9-12(14)15/h8-9,13H,2-7H2,1H3,(H,14,15). The summed E-state index contributed by atoms with van der Waals surface area (Å²) < 4.78 is 4.96. The van der Waals surface area contributed by atoms with Crippen molar-refractivity contribution in [1.82, 2.24) is 5.32 Å². The first-order valence-electron chi connectivity index (χ1n) is 5.59. The Labute approximate surface area is 96.0 Å². The minimum absolute atomic E-state index is 0.748. The third kappa shape index (κ3) is 4.98. The van der Waals surface area contributed by atoms with Gasteiger partial charge in [-0.15, -0.1) is 0 Å². The lowest BCUT2D eigenvalue weighted by Crippen LogP contribution is -2.18. The van der Waals surface area contributed by atoms with E-state index in [0.717, 1.165) is 50.1 Å². The number of aliphatic carboxylic acids is 1. The molecule has 0 spiro atoms. The van der Waals surface area contributed by atoms with Crippen molar-refractivity contribution >= 4 is 5.97 Å². The van der Waals surface area contributed by atoms with Gasteiger partial charge in [-0.25, -0.2) is 4.79 Å². The van der Waals surface area contributed by atoms with Crippen LogP contribution in [0.4, 0.5) is 0 Å². The largest absolute Gasteiger partial charge is 0.478 e. The fourth-order valence-corrected chi connectivity index (χ4v) is 1.73. The molecule has 2 N–H and O–H groups in total. The molecule has 0 aromatic carbocycles. The molecule has 0 saturated carbocycles. The number of carboxylic acid groups (broad SMARTS) is 1. The van der Waals surface area contributed by atoms with Gasteiger partial charge in [-0.2, -0.15) is 0 Å². The second-order valence-corrected chi connectivity index (χ2v) is 3.85. The van der Waals surface area contributed by atoms with Crippen LogP contribution in [-0.2, 0) is 9.53 Å². The van der Waals surface area contributed by atoms with Crippen LogP contribution in [0, 0.1) is 0 Å². The molecule has 0 amide bonds. The summed E-state index contributed by atoms with van der Waals surface area (Å²) in [5, 5.41) is 12.0. The molecule has 0 saturated heterocycles. The highest BCUT2D eigenvalue weighted by Gasteiger charge is 2.07. The lowest BCUT2D eigenvalue weighted by Gasteiger charge is -2.16. The zero-order chi connectivity index (χ0) is 11.8. The van der Waals surface area contributed by atoms with Crippen molar-refractivity contribution in [1.29, 1.82) is 0 Å². The van der Waals surface area contributed by atoms with Gasteiger partial charge < -0.3 is 15.2 Å². The Morgan fingerprint density at radius 3 is 3.12 bits per heavy atom. The van der Waals surface area contributed by atoms with Crippen molar-refractivity contribution < 1.29 is 14.6 Å². The molecular formula is C12H19NO3. The van der Waals surface area contributed by atoms with Crippen molar-refractivity contribution in [3.8, 4) is 0 Å². The SMILES string of the molecule is COCCCNC1=CC(=CC(=O)O)CCC1. The number of carboxylic acids is 1. The summed E-state index contributed by atoms with van der Waals surface area (Å²) in [5.74, 6) is -0.869. The average molecular weight is 225 g/mol. The van der Waals surface area contributed by atoms with Gasteiger partial charge >= 0.3 is 5.97 Å². The Morgan fingerprint density at radius 1 is 1.62 bits per heavy atom. The first-order chi connectivity index (χ1) is 7.72. The summed E-state index contributed by atoms with van der Waals surface area (Å²) in [6, 6.07) is 0. The van der Waals surface area contributed by atoms with E-state index in [4.69, 9.17) is 9.84 Å². The molecule has 4 nitrogen and oxygen atoms in total. The molecule has 0 radical (unpaired) electrons. The van der Waals surface area contributed by atoms with E-state index in [1.54, 1.807) is 7.11 Å². The average Bonchev–Trinajstić information content (AvgIpc) is 2.24. The van der Waals surface area contributed by atoms with Crippen LogP contribution in [-0.4, -0.2) is 31.3 Å². The summed E-state index contributed by atoms with van der Waals surface area (Å²) in [7, 11) is 1.69. The van der Waals surface area contributed by atoms with Gasteiger partial charge in [0.2, 0.25) is 0 Å². The second-order valence-electron chi connectivity index (χ2n) is 3.85. The third-order valence-electron chi connectivity index (χ3n) is 2.46. The quantitative estimate of drug-likeness (QED) is 0.533. The van der Waals surface area contributed by atoms with E-state index < -0.39 is 5.97 Å². The molecule has 0 bridgehead atoms. The maximum absolute atomic E-state index is 10.5. The van der Waals surface area contributed by atoms with Gasteiger partial charge in [0.05, 0.1) is 0 Å². The number of hydrogen-bond acceptors (Lipinski definition) is 3. The predicted molar refractivity (Wildman–Crippen MR) is 62.1 cm³/mol. The molecule has 1 aliphatic carbocycles. The molecule has 0 atom stereocenters. The van der Waals surface area contributed by atoms with Crippen LogP contribution in [0.15, 0.2) is 23.4 Å². The van der Waals surface area contributed by atoms with Crippen LogP contribution in [0.25, 0.3) is 0 Å². The highest BCUT2D eigenvalue weighted by molar-refractivity contribution is 5.81. The van der Waals surface area contributed by atoms with Crippen molar-refractivity contribution in [3.63, 3.8) is 0 Å². The number of ether oxygens (including phenoxy) is 1. The van der Waals surface area contributed by atoms with Crippen molar-refractivity contribution in [2.24, 2.45) is 0 Å². The van der Waals surface area contributed by atoms with E-state index in [-0.39, 0.29) is 0 Å². The molecule has 0 aromatic heterocycles. The Hall–Kier alpha value is -1.29. The number of carbonyl (C=O) groups is 1. The van der Waals surface area contributed by atoms with Gasteiger partial charge in [-0.05, 0) is 37.3 Å². The van der Waals surface area contributed by atoms with E-state index in [2.05, 4.69) is 5.32 Å². The summed E-state index contributed by atoms with van der Waals surface area (Å²) >= 11 is 0. The number of allylic oxidation sites excluding steroid dienone is 3. The fourth-order valence-electron chi connectivity index (χ4n) is 1.73. The summed E-state index contributed by atoms with van der Waals surface area (Å²) in [4.78, 5) is 10.5. The molecule has 4 heteroatoms. The molecule has 0 aliphatic heterocycles. The zero-order valence-electron chi connectivity index (χ0n) is 9.66. The lowest BCUT2D eigenvalue weighted by molar-refractivity contribution is -0.131. The monoisotopic (exact) mass is 225 g/mol. The summed E-state index contributed by atoms with van der Waals surface area (Å²) in [6.07, 6.45) is 7.08. The predicted octanol–water partition coefficient (Wildman–Crippen LogP) is 1.69. The van der Waals surface area contributed by atoms with Gasteiger partial charge in [0.25, 0.3) is 0 Å². The number of methoxy groups -OCH3 is 1. The third-order valence-corrected chi connectivity index (χ3v) is 2.46. The first kappa shape index (κ1) is 12.8. The summed E-state index contributed by atoms with van der Waals surface area (Å²) in [5.41, 5.74) is 2.03. The van der Waals surface area contributed by atoms with E-state index in [0.29, 0.717) is 0 Å². The molecule has 1 aliphatic rings. The fraction of sp³-hybridized carbons (Fsp3) is 0.583. The molecule has 0 heterocycles. The van der Waals surface area contributed by atoms with Gasteiger partial charge in [0.1, 0.15) is 0 Å². The molecular weight excluding hydrogens is 206 g/mol. The van der Waals surface area contributed by atoms with E-state index in [1.165, 1.54) is 6.08 Å². The minimum atomic E-state index is -0.869. The first-order valence-corrected chi connectivity index (χ1v) is 5.59. The Morgan fingerprint density at radius 2 is 2.44 bits per heavy atom. The van der Waals surface area contributed by atoms with Crippen LogP contribution in [0.2, 0.25) is 0 Å². The Balaban J connectivity index is 2.40. The zero-order valence-corrected chi connectivity index (χ0v) is 9.66. The van der Waals surface area contributed by atoms with Gasteiger partial charge in [-0.3, -0.25) is 0 Å². The smallest absolute Gasteiger partial charge is 0.328 e. The maximum Gasteiger partial charge on any atom is 0.328 e. The highest BCUT2D eigenvalue weighted by atomic mass is 16.5. The highest BCUT2D eigenvalue weighted by Crippen LogP contribution is 2.20. The molecule has 90 valence electrons. The minimum Gasteiger partial charge on any atom is -0.478 e. The lowest BCUT2D eigenvalue weighted by atomic mass is 9.99. The van der Waals surface area contributed by atoms with E-state index in [9.17, 15) is 4.79 Å². The number of nitrogens with one attached hydrogen (secondary N) is 1. The van der Waals surface area contributed by atoms with Crippen LogP contribution in [0.5, 0.6) is 0 Å². The number of rotatable bonds is 6. The van der Waals surface area contributed by atoms with Crippen LogP contribution < -0.4 is 5.32 Å². The van der Waals surface area contributed by atoms with Crippen molar-refractivity contribution in [2.75, 3.05) is 20.3 Å². The molecule has 0 aromatic rings. The normalized spacial score (nSPS) is 18.3. The topological polar surface area (TPSA) is 58.6 Å². The molecule has 0 fully saturated rings. The van der Waals surface area contributed by atoms with Crippen molar-refractivity contribution in [3.05, 3.63) is 23.4 Å². The van der Waals surface area contributed by atoms with Crippen LogP contribution in [0.1, 0.15) is 25.7 Å². The Kier molecular flexibility index (Phi) is 5.64. The summed E-state index contributed by atoms with van der Waals surface area (Å²) in [6.45, 7) is 1.62. The van der Waals surface area contributed by atoms with E-state index >= 15 is 0 Å². The van der Waals surface area contributed by atoms with Gasteiger partial charge in [0, 0.05) is 32.0 Å². The molecule has 16 heavy (non-hydrogen) atoms. The maximum atomic E-state index is 10.5. The van der Waals surface area contributed by atoms with Crippen molar-refractivity contribution in [2.45, 2.75) is 25.7 Å². The molecule has 0 unspecified atom stereocenters. The van der Waals surface area contributed by atoms with Crippen LogP contribution >= 0.6 is 0 Å². The van der Waals surface area contributed by atoms with E-state index in [1.807, 2.05) is 6.08 Å². The van der Waals surface area contributed by atoms with Crippen LogP contribution in [0.3, 0.4) is 0 Å². The second kappa shape index (κ2) is 7.06.